The summed E-state index contributed by atoms with van der Waals surface area (Å²) >= 11 is 3.55. The van der Waals surface area contributed by atoms with Gasteiger partial charge in [0, 0.05) is 44.4 Å². The second-order valence-corrected chi connectivity index (χ2v) is 5.60. The van der Waals surface area contributed by atoms with Gasteiger partial charge in [0.2, 0.25) is 0 Å². The van der Waals surface area contributed by atoms with Crippen molar-refractivity contribution in [2.24, 2.45) is 5.73 Å². The molecular weight excluding hydrogens is 320 g/mol. The van der Waals surface area contributed by atoms with E-state index in [4.69, 9.17) is 15.2 Å². The minimum Gasteiger partial charge on any atom is -0.383 e. The van der Waals surface area contributed by atoms with Crippen LogP contribution in [0.3, 0.4) is 0 Å². The second kappa shape index (κ2) is 10.3. The zero-order valence-electron chi connectivity index (χ0n) is 12.3. The number of ether oxygens (including phenoxy) is 2. The first kappa shape index (κ1) is 17.6. The van der Waals surface area contributed by atoms with Crippen LogP contribution in [0.25, 0.3) is 0 Å². The van der Waals surface area contributed by atoms with Gasteiger partial charge < -0.3 is 15.2 Å². The highest BCUT2D eigenvalue weighted by atomic mass is 79.9. The van der Waals surface area contributed by atoms with Crippen LogP contribution in [0.15, 0.2) is 28.7 Å². The highest BCUT2D eigenvalue weighted by molar-refractivity contribution is 9.10. The van der Waals surface area contributed by atoms with E-state index in [2.05, 4.69) is 26.9 Å². The quantitative estimate of drug-likeness (QED) is 0.708. The fraction of sp³-hybridized carbons (Fsp3) is 0.600. The minimum atomic E-state index is 0.0400. The maximum atomic E-state index is 6.28. The summed E-state index contributed by atoms with van der Waals surface area (Å²) < 4.78 is 11.4. The molecule has 0 saturated carbocycles. The maximum absolute atomic E-state index is 6.28. The molecule has 5 heteroatoms. The number of nitrogens with two attached hydrogens (primary N) is 1. The molecule has 0 aromatic heterocycles. The van der Waals surface area contributed by atoms with Gasteiger partial charge in [-0.25, -0.2) is 0 Å². The molecule has 0 amide bonds. The first-order chi connectivity index (χ1) is 9.69. The topological polar surface area (TPSA) is 47.7 Å². The summed E-state index contributed by atoms with van der Waals surface area (Å²) in [6.45, 7) is 4.21. The maximum Gasteiger partial charge on any atom is 0.0589 e. The van der Waals surface area contributed by atoms with Gasteiger partial charge in [0.1, 0.15) is 0 Å². The Hall–Kier alpha value is -0.460. The number of rotatable bonds is 10. The minimum absolute atomic E-state index is 0.0400. The lowest BCUT2D eigenvalue weighted by Crippen LogP contribution is -2.33. The molecule has 2 N–H and O–H groups in total. The fourth-order valence-corrected chi connectivity index (χ4v) is 2.61. The van der Waals surface area contributed by atoms with Crippen LogP contribution in [0, 0.1) is 0 Å². The third-order valence-corrected chi connectivity index (χ3v) is 4.01. The molecule has 1 rings (SSSR count). The average molecular weight is 345 g/mol. The Labute approximate surface area is 130 Å². The number of methoxy groups -OCH3 is 2. The van der Waals surface area contributed by atoms with Crippen molar-refractivity contribution in [3.63, 3.8) is 0 Å². The number of hydrogen-bond acceptors (Lipinski definition) is 4. The van der Waals surface area contributed by atoms with Gasteiger partial charge in [-0.2, -0.15) is 0 Å². The van der Waals surface area contributed by atoms with Crippen LogP contribution in [0.2, 0.25) is 0 Å². The molecule has 0 saturated heterocycles. The SMILES string of the molecule is COCCN(CCOC)CCC(N)c1ccccc1Br. The molecule has 0 aliphatic rings. The smallest absolute Gasteiger partial charge is 0.0589 e. The van der Waals surface area contributed by atoms with E-state index in [0.29, 0.717) is 0 Å². The largest absolute Gasteiger partial charge is 0.383 e. The van der Waals surface area contributed by atoms with Crippen molar-refractivity contribution >= 4 is 15.9 Å². The molecule has 0 spiro atoms. The Morgan fingerprint density at radius 3 is 2.25 bits per heavy atom. The lowest BCUT2D eigenvalue weighted by molar-refractivity contribution is 0.112. The molecule has 20 heavy (non-hydrogen) atoms. The molecule has 0 aliphatic carbocycles. The van der Waals surface area contributed by atoms with Gasteiger partial charge >= 0.3 is 0 Å². The van der Waals surface area contributed by atoms with E-state index in [-0.39, 0.29) is 6.04 Å². The van der Waals surface area contributed by atoms with Crippen LogP contribution in [0.1, 0.15) is 18.0 Å². The molecule has 1 unspecified atom stereocenters. The Kier molecular flexibility index (Phi) is 9.05. The van der Waals surface area contributed by atoms with E-state index >= 15 is 0 Å². The van der Waals surface area contributed by atoms with Crippen molar-refractivity contribution in [1.82, 2.24) is 4.90 Å². The zero-order valence-corrected chi connectivity index (χ0v) is 13.9. The van der Waals surface area contributed by atoms with Gasteiger partial charge in [-0.1, -0.05) is 34.1 Å². The van der Waals surface area contributed by atoms with Gasteiger partial charge in [0.15, 0.2) is 0 Å². The van der Waals surface area contributed by atoms with Gasteiger partial charge in [0.05, 0.1) is 13.2 Å². The summed E-state index contributed by atoms with van der Waals surface area (Å²) in [6, 6.07) is 8.17. The van der Waals surface area contributed by atoms with Crippen LogP contribution in [0.4, 0.5) is 0 Å². The van der Waals surface area contributed by atoms with E-state index in [1.54, 1.807) is 14.2 Å². The highest BCUT2D eigenvalue weighted by Gasteiger charge is 2.12. The van der Waals surface area contributed by atoms with Crippen LogP contribution in [-0.2, 0) is 9.47 Å². The van der Waals surface area contributed by atoms with Crippen molar-refractivity contribution in [2.75, 3.05) is 47.1 Å². The summed E-state index contributed by atoms with van der Waals surface area (Å²) in [5, 5.41) is 0. The summed E-state index contributed by atoms with van der Waals surface area (Å²) in [6.07, 6.45) is 0.913. The summed E-state index contributed by atoms with van der Waals surface area (Å²) in [5.41, 5.74) is 7.44. The molecule has 0 bridgehead atoms. The molecule has 0 radical (unpaired) electrons. The van der Waals surface area contributed by atoms with Crippen molar-refractivity contribution in [1.29, 1.82) is 0 Å². The molecule has 0 fully saturated rings. The molecule has 1 atom stereocenters. The predicted octanol–water partition coefficient (Wildman–Crippen LogP) is 2.43. The van der Waals surface area contributed by atoms with E-state index in [1.807, 2.05) is 18.2 Å². The Bertz CT molecular complexity index is 369. The lowest BCUT2D eigenvalue weighted by Gasteiger charge is -2.23. The van der Waals surface area contributed by atoms with Gasteiger partial charge in [-0.3, -0.25) is 4.90 Å². The van der Waals surface area contributed by atoms with Crippen molar-refractivity contribution in [3.8, 4) is 0 Å². The highest BCUT2D eigenvalue weighted by Crippen LogP contribution is 2.23. The van der Waals surface area contributed by atoms with Crippen molar-refractivity contribution in [3.05, 3.63) is 34.3 Å². The van der Waals surface area contributed by atoms with Crippen LogP contribution < -0.4 is 5.73 Å². The Morgan fingerprint density at radius 2 is 1.70 bits per heavy atom. The monoisotopic (exact) mass is 344 g/mol. The first-order valence-electron chi connectivity index (χ1n) is 6.89. The number of halogens is 1. The average Bonchev–Trinajstić information content (AvgIpc) is 2.46. The van der Waals surface area contributed by atoms with Crippen LogP contribution >= 0.6 is 15.9 Å². The molecule has 0 aliphatic heterocycles. The Morgan fingerprint density at radius 1 is 1.10 bits per heavy atom. The first-order valence-corrected chi connectivity index (χ1v) is 7.68. The number of hydrogen-bond donors (Lipinski definition) is 1. The van der Waals surface area contributed by atoms with E-state index in [1.165, 1.54) is 0 Å². The van der Waals surface area contributed by atoms with Gasteiger partial charge in [-0.05, 0) is 18.1 Å². The Balaban J connectivity index is 2.46. The molecule has 114 valence electrons. The van der Waals surface area contributed by atoms with Crippen molar-refractivity contribution < 1.29 is 9.47 Å². The molecule has 0 heterocycles. The van der Waals surface area contributed by atoms with Crippen molar-refractivity contribution in [2.45, 2.75) is 12.5 Å². The van der Waals surface area contributed by atoms with E-state index in [0.717, 1.165) is 49.3 Å². The lowest BCUT2D eigenvalue weighted by atomic mass is 10.0. The summed E-state index contributed by atoms with van der Waals surface area (Å²) in [7, 11) is 3.45. The molecule has 1 aromatic rings. The standard InChI is InChI=1S/C15H25BrN2O2/c1-19-11-9-18(10-12-20-2)8-7-15(17)13-5-3-4-6-14(13)16/h3-6,15H,7-12,17H2,1-2H3. The number of nitrogens with zero attached hydrogens (tertiary/aromatic N) is 1. The van der Waals surface area contributed by atoms with Gasteiger partial charge in [0.25, 0.3) is 0 Å². The molecule has 4 nitrogen and oxygen atoms in total. The third kappa shape index (κ3) is 6.33. The van der Waals surface area contributed by atoms with Gasteiger partial charge in [-0.15, -0.1) is 0 Å². The fourth-order valence-electron chi connectivity index (χ4n) is 2.03. The van der Waals surface area contributed by atoms with Crippen LogP contribution in [0.5, 0.6) is 0 Å². The molecule has 1 aromatic carbocycles. The zero-order chi connectivity index (χ0) is 14.8. The third-order valence-electron chi connectivity index (χ3n) is 3.28. The predicted molar refractivity (Wildman–Crippen MR) is 85.9 cm³/mol. The molecular formula is C15H25BrN2O2. The van der Waals surface area contributed by atoms with E-state index < -0.39 is 0 Å². The normalized spacial score (nSPS) is 12.8. The summed E-state index contributed by atoms with van der Waals surface area (Å²) in [4.78, 5) is 2.32. The second-order valence-electron chi connectivity index (χ2n) is 4.74. The summed E-state index contributed by atoms with van der Waals surface area (Å²) in [5.74, 6) is 0. The van der Waals surface area contributed by atoms with E-state index in [9.17, 15) is 0 Å². The number of benzene rings is 1. The van der Waals surface area contributed by atoms with Crippen LogP contribution in [-0.4, -0.2) is 52.0 Å².